The van der Waals surface area contributed by atoms with Crippen molar-refractivity contribution < 1.29 is 28.6 Å². The van der Waals surface area contributed by atoms with Crippen LogP contribution in [0.4, 0.5) is 0 Å². The van der Waals surface area contributed by atoms with Crippen molar-refractivity contribution in [2.45, 2.75) is 53.8 Å². The van der Waals surface area contributed by atoms with E-state index in [4.69, 9.17) is 19.3 Å². The summed E-state index contributed by atoms with van der Waals surface area (Å²) >= 11 is 0. The highest BCUT2D eigenvalue weighted by Crippen LogP contribution is 2.31. The molecule has 19 heavy (non-hydrogen) atoms. The topological polar surface area (TPSA) is 93.1 Å². The van der Waals surface area contributed by atoms with Crippen molar-refractivity contribution in [3.05, 3.63) is 0 Å². The minimum absolute atomic E-state index is 0.0370. The van der Waals surface area contributed by atoms with E-state index in [0.717, 1.165) is 13.2 Å². The van der Waals surface area contributed by atoms with Gasteiger partial charge in [-0.25, -0.2) is 0 Å². The molecule has 2 N–H and O–H groups in total. The van der Waals surface area contributed by atoms with Gasteiger partial charge in [-0.1, -0.05) is 26.7 Å². The Morgan fingerprint density at radius 1 is 1.05 bits per heavy atom. The zero-order valence-corrected chi connectivity index (χ0v) is 13.6. The fourth-order valence-corrected chi connectivity index (χ4v) is 0.809. The molecule has 0 amide bonds. The van der Waals surface area contributed by atoms with Crippen LogP contribution in [0.25, 0.3) is 0 Å². The summed E-state index contributed by atoms with van der Waals surface area (Å²) in [6.45, 7) is 11.6. The molecule has 0 aliphatic carbocycles. The molecule has 0 bridgehead atoms. The average Bonchev–Trinajstić information content (AvgIpc) is 2.29. The van der Waals surface area contributed by atoms with Gasteiger partial charge in [-0.05, 0) is 20.8 Å². The van der Waals surface area contributed by atoms with Gasteiger partial charge in [0.15, 0.2) is 6.29 Å². The van der Waals surface area contributed by atoms with Crippen LogP contribution in [0.3, 0.4) is 0 Å². The molecule has 0 aliphatic heterocycles. The average molecular weight is 300 g/mol. The van der Waals surface area contributed by atoms with Crippen molar-refractivity contribution in [2.24, 2.45) is 0 Å². The molecule has 0 aromatic carbocycles. The van der Waals surface area contributed by atoms with E-state index in [-0.39, 0.29) is 12.6 Å². The number of hydrogen-bond acceptors (Lipinski definition) is 4. The van der Waals surface area contributed by atoms with E-state index in [1.807, 2.05) is 20.8 Å². The summed E-state index contributed by atoms with van der Waals surface area (Å²) in [5, 5.41) is 0. The monoisotopic (exact) mass is 300 g/mol. The summed E-state index contributed by atoms with van der Waals surface area (Å²) < 4.78 is 19.8. The molecule has 0 fully saturated rings. The van der Waals surface area contributed by atoms with Gasteiger partial charge in [0.25, 0.3) is 0 Å². The third kappa shape index (κ3) is 38.1. The molecule has 0 aromatic heterocycles. The zero-order chi connectivity index (χ0) is 15.7. The van der Waals surface area contributed by atoms with Crippen LogP contribution in [0.1, 0.15) is 47.5 Å². The van der Waals surface area contributed by atoms with Crippen LogP contribution in [0.2, 0.25) is 0 Å². The van der Waals surface area contributed by atoms with Crippen LogP contribution >= 0.6 is 7.60 Å². The smallest absolute Gasteiger partial charge is 0.332 e. The third-order valence-electron chi connectivity index (χ3n) is 1.62. The second kappa shape index (κ2) is 17.7. The van der Waals surface area contributed by atoms with Gasteiger partial charge in [-0.15, -0.1) is 0 Å². The lowest BCUT2D eigenvalue weighted by molar-refractivity contribution is -0.123. The quantitative estimate of drug-likeness (QED) is 0.426. The molecular weight excluding hydrogens is 271 g/mol. The molecule has 0 saturated heterocycles. The Kier molecular flexibility index (Phi) is 22.2. The predicted molar refractivity (Wildman–Crippen MR) is 76.3 cm³/mol. The van der Waals surface area contributed by atoms with Crippen molar-refractivity contribution in [1.82, 2.24) is 0 Å². The Morgan fingerprint density at radius 3 is 1.53 bits per heavy atom. The van der Waals surface area contributed by atoms with E-state index < -0.39 is 13.8 Å². The molecule has 0 unspecified atom stereocenters. The molecule has 0 radical (unpaired) electrons. The van der Waals surface area contributed by atoms with Crippen LogP contribution in [0, 0.1) is 0 Å². The van der Waals surface area contributed by atoms with Gasteiger partial charge in [-0.2, -0.15) is 0 Å². The van der Waals surface area contributed by atoms with Gasteiger partial charge in [0.2, 0.25) is 0 Å². The lowest BCUT2D eigenvalue weighted by Gasteiger charge is -2.09. The third-order valence-corrected chi connectivity index (χ3v) is 2.24. The number of carbonyl (C=O) groups excluding carboxylic acids is 1. The molecule has 6 nitrogen and oxygen atoms in total. The first-order valence-corrected chi connectivity index (χ1v) is 8.29. The lowest BCUT2D eigenvalue weighted by Crippen LogP contribution is -2.11. The Morgan fingerprint density at radius 2 is 1.42 bits per heavy atom. The van der Waals surface area contributed by atoms with Crippen LogP contribution in [-0.2, 0) is 18.8 Å². The van der Waals surface area contributed by atoms with Crippen molar-refractivity contribution in [2.75, 3.05) is 19.4 Å². The largest absolute Gasteiger partial charge is 0.353 e. The Bertz CT molecular complexity index is 208. The van der Waals surface area contributed by atoms with Crippen molar-refractivity contribution >= 4 is 13.9 Å². The summed E-state index contributed by atoms with van der Waals surface area (Å²) in [5.41, 5.74) is 0. The Hall–Kier alpha value is -0.260. The summed E-state index contributed by atoms with van der Waals surface area (Å²) in [6, 6.07) is 0. The number of ether oxygens (including phenoxy) is 2. The number of aldehydes is 1. The summed E-state index contributed by atoms with van der Waals surface area (Å²) in [6.07, 6.45) is 2.12. The van der Waals surface area contributed by atoms with Gasteiger partial charge in [0.1, 0.15) is 12.4 Å². The molecule has 0 spiro atoms. The van der Waals surface area contributed by atoms with Crippen molar-refractivity contribution in [1.29, 1.82) is 0 Å². The van der Waals surface area contributed by atoms with Gasteiger partial charge in [-0.3, -0.25) is 4.57 Å². The molecule has 118 valence electrons. The highest BCUT2D eigenvalue weighted by Gasteiger charge is 2.09. The maximum atomic E-state index is 9.69. The van der Waals surface area contributed by atoms with Crippen LogP contribution in [0.15, 0.2) is 0 Å². The summed E-state index contributed by atoms with van der Waals surface area (Å²) in [7, 11) is -4.03. The molecule has 0 aromatic rings. The second-order valence-electron chi connectivity index (χ2n) is 3.49. The van der Waals surface area contributed by atoms with Crippen LogP contribution < -0.4 is 0 Å². The Balaban J connectivity index is -0.000000214. The van der Waals surface area contributed by atoms with E-state index in [0.29, 0.717) is 0 Å². The zero-order valence-electron chi connectivity index (χ0n) is 12.7. The minimum atomic E-state index is -4.03. The normalized spacial score (nSPS) is 10.1. The van der Waals surface area contributed by atoms with Gasteiger partial charge in [0, 0.05) is 13.2 Å². The number of unbranched alkanes of at least 4 members (excludes halogenated alkanes) is 1. The highest BCUT2D eigenvalue weighted by molar-refractivity contribution is 7.52. The van der Waals surface area contributed by atoms with Gasteiger partial charge >= 0.3 is 7.60 Å². The van der Waals surface area contributed by atoms with Gasteiger partial charge < -0.3 is 24.1 Å². The maximum Gasteiger partial charge on any atom is 0.332 e. The van der Waals surface area contributed by atoms with Crippen LogP contribution in [0.5, 0.6) is 0 Å². The first-order chi connectivity index (χ1) is 8.78. The molecule has 0 atom stereocenters. The first-order valence-electron chi connectivity index (χ1n) is 6.50. The maximum absolute atomic E-state index is 9.69. The van der Waals surface area contributed by atoms with Crippen molar-refractivity contribution in [3.63, 3.8) is 0 Å². The van der Waals surface area contributed by atoms with E-state index in [1.165, 1.54) is 12.8 Å². The fourth-order valence-electron chi connectivity index (χ4n) is 0.615. The molecule has 0 rings (SSSR count). The number of hydrogen-bond donors (Lipinski definition) is 2. The molecule has 0 saturated carbocycles. The number of carbonyl (C=O) groups is 1. The molecule has 0 heterocycles. The summed E-state index contributed by atoms with van der Waals surface area (Å²) in [4.78, 5) is 25.1. The van der Waals surface area contributed by atoms with Crippen molar-refractivity contribution in [3.8, 4) is 0 Å². The fraction of sp³-hybridized carbons (Fsp3) is 0.917. The molecular formula is C12H29O6P. The highest BCUT2D eigenvalue weighted by atomic mass is 31.2. The first kappa shape index (κ1) is 23.8. The Labute approximate surface area is 116 Å². The molecule has 0 aliphatic rings. The lowest BCUT2D eigenvalue weighted by atomic mass is 10.4. The molecule has 7 heteroatoms. The van der Waals surface area contributed by atoms with E-state index in [9.17, 15) is 9.36 Å². The van der Waals surface area contributed by atoms with E-state index >= 15 is 0 Å². The van der Waals surface area contributed by atoms with E-state index in [1.54, 1.807) is 0 Å². The van der Waals surface area contributed by atoms with E-state index in [2.05, 4.69) is 13.8 Å². The summed E-state index contributed by atoms with van der Waals surface area (Å²) in [5.74, 6) is 0. The van der Waals surface area contributed by atoms with Crippen LogP contribution in [-0.4, -0.2) is 41.7 Å². The second-order valence-corrected chi connectivity index (χ2v) is 5.19. The number of rotatable bonds is 7. The predicted octanol–water partition coefficient (Wildman–Crippen LogP) is 2.57. The SMILES string of the molecule is CCCC.CCOC(C)OCC.O=CCP(=O)(O)O. The standard InChI is InChI=1S/C6H14O2.C4H10.C2H5O4P/c1-4-7-6(3)8-5-2;1-3-4-2;3-1-2-7(4,5)6/h6H,4-5H2,1-3H3;3-4H2,1-2H3;1H,2H2,(H2,4,5,6). The minimum Gasteiger partial charge on any atom is -0.353 e. The van der Waals surface area contributed by atoms with Gasteiger partial charge in [0.05, 0.1) is 0 Å².